The molecule has 0 aromatic heterocycles. The summed E-state index contributed by atoms with van der Waals surface area (Å²) >= 11 is 0. The van der Waals surface area contributed by atoms with E-state index < -0.39 is 23.5 Å². The van der Waals surface area contributed by atoms with Gasteiger partial charge in [0.15, 0.2) is 0 Å². The van der Waals surface area contributed by atoms with Gasteiger partial charge in [-0.1, -0.05) is 0 Å². The molecule has 1 aliphatic rings. The molecule has 1 fully saturated rings. The molecule has 0 aliphatic carbocycles. The molecular formula is C14H16F4N2O. The Kier molecular flexibility index (Phi) is 4.51. The molecule has 1 amide bonds. The van der Waals surface area contributed by atoms with Crippen molar-refractivity contribution in [3.8, 4) is 0 Å². The third-order valence-corrected chi connectivity index (χ3v) is 3.70. The van der Waals surface area contributed by atoms with Gasteiger partial charge in [-0.2, -0.15) is 13.2 Å². The first-order valence-corrected chi connectivity index (χ1v) is 6.65. The van der Waals surface area contributed by atoms with Gasteiger partial charge in [0.1, 0.15) is 5.82 Å². The quantitative estimate of drug-likeness (QED) is 0.852. The molecular weight excluding hydrogens is 288 g/mol. The lowest BCUT2D eigenvalue weighted by atomic mass is 10.0. The number of amides is 1. The molecule has 2 rings (SSSR count). The molecule has 1 saturated heterocycles. The fraction of sp³-hybridized carbons (Fsp3) is 0.500. The Bertz CT molecular complexity index is 524. The van der Waals surface area contributed by atoms with Gasteiger partial charge in [-0.15, -0.1) is 0 Å². The van der Waals surface area contributed by atoms with E-state index in [0.717, 1.165) is 32.0 Å². The van der Waals surface area contributed by atoms with Crippen LogP contribution in [0.1, 0.15) is 28.8 Å². The number of alkyl halides is 3. The zero-order valence-electron chi connectivity index (χ0n) is 11.5. The summed E-state index contributed by atoms with van der Waals surface area (Å²) in [5, 5.41) is 3.15. The highest BCUT2D eigenvalue weighted by Gasteiger charge is 2.35. The molecule has 1 aliphatic heterocycles. The number of benzene rings is 1. The van der Waals surface area contributed by atoms with Crippen molar-refractivity contribution < 1.29 is 22.4 Å². The second-order valence-corrected chi connectivity index (χ2v) is 5.09. The number of nitrogens with one attached hydrogen (secondary N) is 1. The normalized spacial score (nSPS) is 16.8. The predicted octanol–water partition coefficient (Wildman–Crippen LogP) is 2.67. The van der Waals surface area contributed by atoms with Crippen LogP contribution in [0.3, 0.4) is 0 Å². The number of hydrogen-bond donors (Lipinski definition) is 1. The number of carbonyl (C=O) groups excluding carboxylic acids is 1. The highest BCUT2D eigenvalue weighted by Crippen LogP contribution is 2.32. The second kappa shape index (κ2) is 6.01. The van der Waals surface area contributed by atoms with Crippen LogP contribution >= 0.6 is 0 Å². The molecule has 1 N–H and O–H groups in total. The van der Waals surface area contributed by atoms with E-state index in [0.29, 0.717) is 12.1 Å². The number of rotatable bonds is 2. The first-order chi connectivity index (χ1) is 9.80. The summed E-state index contributed by atoms with van der Waals surface area (Å²) in [4.78, 5) is 13.7. The molecule has 0 saturated carbocycles. The van der Waals surface area contributed by atoms with Crippen LogP contribution in [-0.4, -0.2) is 37.0 Å². The molecule has 1 aromatic rings. The molecule has 3 nitrogen and oxygen atoms in total. The number of nitrogens with zero attached hydrogens (tertiary/aromatic N) is 1. The third kappa shape index (κ3) is 3.53. The van der Waals surface area contributed by atoms with E-state index in [1.807, 2.05) is 0 Å². The summed E-state index contributed by atoms with van der Waals surface area (Å²) in [6, 6.07) is 2.34. The molecule has 1 aromatic carbocycles. The molecule has 1 heterocycles. The second-order valence-electron chi connectivity index (χ2n) is 5.09. The lowest BCUT2D eigenvalue weighted by Gasteiger charge is -2.31. The smallest absolute Gasteiger partial charge is 0.339 e. The van der Waals surface area contributed by atoms with Gasteiger partial charge >= 0.3 is 6.18 Å². The summed E-state index contributed by atoms with van der Waals surface area (Å²) < 4.78 is 51.3. The largest absolute Gasteiger partial charge is 0.419 e. The van der Waals surface area contributed by atoms with E-state index in [4.69, 9.17) is 0 Å². The van der Waals surface area contributed by atoms with Gasteiger partial charge in [0.25, 0.3) is 5.91 Å². The minimum atomic E-state index is -4.81. The standard InChI is InChI=1S/C14H16F4N2O/c1-20(10-4-6-19-7-5-10)13(21)9-2-3-12(15)11(8-9)14(16,17)18/h2-3,8,10,19H,4-7H2,1H3. The van der Waals surface area contributed by atoms with Crippen LogP contribution in [0.4, 0.5) is 17.6 Å². The molecule has 0 bridgehead atoms. The highest BCUT2D eigenvalue weighted by atomic mass is 19.4. The van der Waals surface area contributed by atoms with Crippen LogP contribution in [0.2, 0.25) is 0 Å². The molecule has 7 heteroatoms. The van der Waals surface area contributed by atoms with Crippen LogP contribution in [0.5, 0.6) is 0 Å². The maximum absolute atomic E-state index is 13.2. The third-order valence-electron chi connectivity index (χ3n) is 3.70. The molecule has 0 radical (unpaired) electrons. The van der Waals surface area contributed by atoms with Gasteiger partial charge in [-0.3, -0.25) is 4.79 Å². The minimum absolute atomic E-state index is 0.0156. The van der Waals surface area contributed by atoms with Crippen molar-refractivity contribution in [2.75, 3.05) is 20.1 Å². The lowest BCUT2D eigenvalue weighted by molar-refractivity contribution is -0.140. The molecule has 116 valence electrons. The fourth-order valence-corrected chi connectivity index (χ4v) is 2.44. The number of halogens is 4. The van der Waals surface area contributed by atoms with Crippen molar-refractivity contribution in [2.24, 2.45) is 0 Å². The van der Waals surface area contributed by atoms with Crippen LogP contribution in [0, 0.1) is 5.82 Å². The first kappa shape index (κ1) is 15.8. The van der Waals surface area contributed by atoms with Gasteiger partial charge < -0.3 is 10.2 Å². The van der Waals surface area contributed by atoms with Crippen molar-refractivity contribution in [2.45, 2.75) is 25.1 Å². The average molecular weight is 304 g/mol. The summed E-state index contributed by atoms with van der Waals surface area (Å²) in [6.45, 7) is 1.53. The lowest BCUT2D eigenvalue weighted by Crippen LogP contribution is -2.44. The van der Waals surface area contributed by atoms with Gasteiger partial charge in [-0.25, -0.2) is 4.39 Å². The molecule has 0 spiro atoms. The van der Waals surface area contributed by atoms with Gasteiger partial charge in [0.2, 0.25) is 0 Å². The summed E-state index contributed by atoms with van der Waals surface area (Å²) in [7, 11) is 1.56. The van der Waals surface area contributed by atoms with Crippen molar-refractivity contribution in [3.63, 3.8) is 0 Å². The van der Waals surface area contributed by atoms with Gasteiger partial charge in [-0.05, 0) is 44.1 Å². The topological polar surface area (TPSA) is 32.3 Å². The Balaban J connectivity index is 2.22. The van der Waals surface area contributed by atoms with Gasteiger partial charge in [0, 0.05) is 18.7 Å². The van der Waals surface area contributed by atoms with E-state index >= 15 is 0 Å². The van der Waals surface area contributed by atoms with E-state index in [2.05, 4.69) is 5.32 Å². The molecule has 21 heavy (non-hydrogen) atoms. The van der Waals surface area contributed by atoms with Crippen molar-refractivity contribution in [1.82, 2.24) is 10.2 Å². The minimum Gasteiger partial charge on any atom is -0.339 e. The first-order valence-electron chi connectivity index (χ1n) is 6.65. The maximum Gasteiger partial charge on any atom is 0.419 e. The van der Waals surface area contributed by atoms with Crippen molar-refractivity contribution >= 4 is 5.91 Å². The van der Waals surface area contributed by atoms with E-state index in [9.17, 15) is 22.4 Å². The SMILES string of the molecule is CN(C(=O)c1ccc(F)c(C(F)(F)F)c1)C1CCNCC1. The predicted molar refractivity (Wildman–Crippen MR) is 69.4 cm³/mol. The average Bonchev–Trinajstić information content (AvgIpc) is 2.46. The van der Waals surface area contributed by atoms with Crippen LogP contribution in [0.25, 0.3) is 0 Å². The van der Waals surface area contributed by atoms with Gasteiger partial charge in [0.05, 0.1) is 5.56 Å². The van der Waals surface area contributed by atoms with Crippen LogP contribution in [0.15, 0.2) is 18.2 Å². The van der Waals surface area contributed by atoms with E-state index in [1.54, 1.807) is 7.05 Å². The van der Waals surface area contributed by atoms with Crippen molar-refractivity contribution in [3.05, 3.63) is 35.1 Å². The van der Waals surface area contributed by atoms with Crippen molar-refractivity contribution in [1.29, 1.82) is 0 Å². The zero-order valence-corrected chi connectivity index (χ0v) is 11.5. The monoisotopic (exact) mass is 304 g/mol. The Hall–Kier alpha value is -1.63. The Morgan fingerprint density at radius 3 is 2.48 bits per heavy atom. The van der Waals surface area contributed by atoms with Crippen LogP contribution in [-0.2, 0) is 6.18 Å². The number of piperidine rings is 1. The maximum atomic E-state index is 13.2. The summed E-state index contributed by atoms with van der Waals surface area (Å²) in [6.07, 6.45) is -3.32. The summed E-state index contributed by atoms with van der Waals surface area (Å²) in [5.41, 5.74) is -1.56. The summed E-state index contributed by atoms with van der Waals surface area (Å²) in [5.74, 6) is -1.89. The Labute approximate surface area is 119 Å². The number of carbonyl (C=O) groups is 1. The zero-order chi connectivity index (χ0) is 15.6. The molecule has 0 atom stereocenters. The van der Waals surface area contributed by atoms with Crippen LogP contribution < -0.4 is 5.32 Å². The Morgan fingerprint density at radius 2 is 1.90 bits per heavy atom. The Morgan fingerprint density at radius 1 is 1.29 bits per heavy atom. The molecule has 0 unspecified atom stereocenters. The highest BCUT2D eigenvalue weighted by molar-refractivity contribution is 5.94. The number of hydrogen-bond acceptors (Lipinski definition) is 2. The fourth-order valence-electron chi connectivity index (χ4n) is 2.44. The van der Waals surface area contributed by atoms with E-state index in [-0.39, 0.29) is 11.6 Å². The van der Waals surface area contributed by atoms with E-state index in [1.165, 1.54) is 4.90 Å².